The fourth-order valence-corrected chi connectivity index (χ4v) is 1.65. The van der Waals surface area contributed by atoms with Crippen LogP contribution in [0.1, 0.15) is 40.0 Å². The zero-order valence-electron chi connectivity index (χ0n) is 11.4. The van der Waals surface area contributed by atoms with Crippen LogP contribution in [-0.2, 0) is 4.79 Å². The molecule has 1 rings (SSSR count). The summed E-state index contributed by atoms with van der Waals surface area (Å²) < 4.78 is 0. The van der Waals surface area contributed by atoms with Gasteiger partial charge in [-0.05, 0) is 32.4 Å². The van der Waals surface area contributed by atoms with Crippen LogP contribution < -0.4 is 10.2 Å². The van der Waals surface area contributed by atoms with Crippen molar-refractivity contribution < 1.29 is 4.79 Å². The van der Waals surface area contributed by atoms with Crippen LogP contribution in [0.25, 0.3) is 0 Å². The third-order valence-corrected chi connectivity index (χ3v) is 2.76. The Morgan fingerprint density at radius 2 is 1.94 bits per heavy atom. The molecule has 0 aliphatic rings. The van der Waals surface area contributed by atoms with Crippen molar-refractivity contribution in [2.24, 2.45) is 0 Å². The van der Waals surface area contributed by atoms with Gasteiger partial charge in [-0.15, -0.1) is 10.2 Å². The SMILES string of the molecule is CCCCC(=O)Nc1ccc(N(CC)CC)nn1. The number of amides is 1. The van der Waals surface area contributed by atoms with E-state index in [4.69, 9.17) is 0 Å². The standard InChI is InChI=1S/C13H22N4O/c1-4-7-8-13(18)14-11-9-10-12(16-15-11)17(5-2)6-3/h9-10H,4-8H2,1-3H3,(H,14,15,18). The van der Waals surface area contributed by atoms with Gasteiger partial charge < -0.3 is 10.2 Å². The smallest absolute Gasteiger partial charge is 0.225 e. The number of nitrogens with zero attached hydrogens (tertiary/aromatic N) is 3. The Kier molecular flexibility index (Phi) is 6.11. The maximum Gasteiger partial charge on any atom is 0.225 e. The summed E-state index contributed by atoms with van der Waals surface area (Å²) in [6.07, 6.45) is 2.45. The molecule has 18 heavy (non-hydrogen) atoms. The van der Waals surface area contributed by atoms with Gasteiger partial charge in [0.25, 0.3) is 0 Å². The zero-order chi connectivity index (χ0) is 13.4. The first-order chi connectivity index (χ1) is 8.71. The normalized spacial score (nSPS) is 10.2. The second-order valence-electron chi connectivity index (χ2n) is 4.10. The average Bonchev–Trinajstić information content (AvgIpc) is 2.40. The van der Waals surface area contributed by atoms with Crippen LogP contribution >= 0.6 is 0 Å². The van der Waals surface area contributed by atoms with Crippen LogP contribution in [0.15, 0.2) is 12.1 Å². The number of nitrogens with one attached hydrogen (secondary N) is 1. The molecule has 1 heterocycles. The second kappa shape index (κ2) is 7.63. The monoisotopic (exact) mass is 250 g/mol. The molecule has 1 N–H and O–H groups in total. The Hall–Kier alpha value is -1.65. The molecule has 0 radical (unpaired) electrons. The summed E-state index contributed by atoms with van der Waals surface area (Å²) in [5.74, 6) is 1.36. The fraction of sp³-hybridized carbons (Fsp3) is 0.615. The zero-order valence-corrected chi connectivity index (χ0v) is 11.4. The van der Waals surface area contributed by atoms with E-state index >= 15 is 0 Å². The highest BCUT2D eigenvalue weighted by molar-refractivity contribution is 5.89. The highest BCUT2D eigenvalue weighted by Gasteiger charge is 2.06. The van der Waals surface area contributed by atoms with Gasteiger partial charge in [-0.1, -0.05) is 13.3 Å². The molecule has 5 nitrogen and oxygen atoms in total. The quantitative estimate of drug-likeness (QED) is 0.807. The first-order valence-electron chi connectivity index (χ1n) is 6.59. The maximum absolute atomic E-state index is 11.5. The summed E-state index contributed by atoms with van der Waals surface area (Å²) in [5.41, 5.74) is 0. The van der Waals surface area contributed by atoms with E-state index in [0.29, 0.717) is 12.2 Å². The van der Waals surface area contributed by atoms with Gasteiger partial charge in [0.2, 0.25) is 5.91 Å². The highest BCUT2D eigenvalue weighted by Crippen LogP contribution is 2.11. The molecule has 0 fully saturated rings. The van der Waals surface area contributed by atoms with E-state index in [-0.39, 0.29) is 5.91 Å². The summed E-state index contributed by atoms with van der Waals surface area (Å²) in [5, 5.41) is 10.9. The molecule has 1 aromatic heterocycles. The number of aromatic nitrogens is 2. The molecule has 0 bridgehead atoms. The molecular weight excluding hydrogens is 228 g/mol. The average molecular weight is 250 g/mol. The molecule has 1 amide bonds. The first kappa shape index (κ1) is 14.4. The number of hydrogen-bond donors (Lipinski definition) is 1. The van der Waals surface area contributed by atoms with Gasteiger partial charge in [0, 0.05) is 19.5 Å². The molecular formula is C13H22N4O. The van der Waals surface area contributed by atoms with E-state index in [0.717, 1.165) is 31.7 Å². The third-order valence-electron chi connectivity index (χ3n) is 2.76. The molecule has 0 spiro atoms. The number of hydrogen-bond acceptors (Lipinski definition) is 4. The summed E-state index contributed by atoms with van der Waals surface area (Å²) >= 11 is 0. The van der Waals surface area contributed by atoms with E-state index in [1.54, 1.807) is 6.07 Å². The van der Waals surface area contributed by atoms with E-state index in [1.807, 2.05) is 6.07 Å². The lowest BCUT2D eigenvalue weighted by Crippen LogP contribution is -2.23. The van der Waals surface area contributed by atoms with Gasteiger partial charge in [-0.3, -0.25) is 4.79 Å². The molecule has 0 aromatic carbocycles. The topological polar surface area (TPSA) is 58.1 Å². The molecule has 0 saturated heterocycles. The minimum absolute atomic E-state index is 0.00161. The summed E-state index contributed by atoms with van der Waals surface area (Å²) in [6.45, 7) is 8.00. The number of unbranched alkanes of at least 4 members (excludes halogenated alkanes) is 1. The predicted molar refractivity (Wildman–Crippen MR) is 73.7 cm³/mol. The molecule has 0 saturated carbocycles. The molecule has 0 aliphatic carbocycles. The Labute approximate surface area is 109 Å². The lowest BCUT2D eigenvalue weighted by Gasteiger charge is -2.18. The van der Waals surface area contributed by atoms with Gasteiger partial charge in [-0.2, -0.15) is 0 Å². The van der Waals surface area contributed by atoms with E-state index in [2.05, 4.69) is 41.2 Å². The number of carbonyl (C=O) groups is 1. The Bertz CT molecular complexity index is 360. The number of anilines is 2. The maximum atomic E-state index is 11.5. The van der Waals surface area contributed by atoms with E-state index in [1.165, 1.54) is 0 Å². The van der Waals surface area contributed by atoms with Crippen LogP contribution in [0.3, 0.4) is 0 Å². The van der Waals surface area contributed by atoms with Crippen molar-refractivity contribution in [3.63, 3.8) is 0 Å². The van der Waals surface area contributed by atoms with Crippen molar-refractivity contribution in [1.82, 2.24) is 10.2 Å². The van der Waals surface area contributed by atoms with Crippen molar-refractivity contribution in [2.75, 3.05) is 23.3 Å². The lowest BCUT2D eigenvalue weighted by molar-refractivity contribution is -0.116. The second-order valence-corrected chi connectivity index (χ2v) is 4.10. The Morgan fingerprint density at radius 1 is 1.22 bits per heavy atom. The van der Waals surface area contributed by atoms with Gasteiger partial charge in [0.1, 0.15) is 0 Å². The lowest BCUT2D eigenvalue weighted by atomic mass is 10.2. The minimum atomic E-state index is 0.00161. The van der Waals surface area contributed by atoms with Crippen molar-refractivity contribution in [2.45, 2.75) is 40.0 Å². The fourth-order valence-electron chi connectivity index (χ4n) is 1.65. The predicted octanol–water partition coefficient (Wildman–Crippen LogP) is 2.45. The summed E-state index contributed by atoms with van der Waals surface area (Å²) in [6, 6.07) is 3.68. The largest absolute Gasteiger partial charge is 0.356 e. The van der Waals surface area contributed by atoms with E-state index < -0.39 is 0 Å². The van der Waals surface area contributed by atoms with Gasteiger partial charge in [0.15, 0.2) is 11.6 Å². The molecule has 0 atom stereocenters. The summed E-state index contributed by atoms with van der Waals surface area (Å²) in [7, 11) is 0. The van der Waals surface area contributed by atoms with Crippen molar-refractivity contribution in [3.8, 4) is 0 Å². The third kappa shape index (κ3) is 4.31. The van der Waals surface area contributed by atoms with Crippen LogP contribution in [0.5, 0.6) is 0 Å². The molecule has 1 aromatic rings. The summed E-state index contributed by atoms with van der Waals surface area (Å²) in [4.78, 5) is 13.6. The molecule has 5 heteroatoms. The molecule has 100 valence electrons. The van der Waals surface area contributed by atoms with Crippen LogP contribution in [0.4, 0.5) is 11.6 Å². The van der Waals surface area contributed by atoms with Gasteiger partial charge >= 0.3 is 0 Å². The number of rotatable bonds is 7. The van der Waals surface area contributed by atoms with Crippen molar-refractivity contribution in [3.05, 3.63) is 12.1 Å². The Morgan fingerprint density at radius 3 is 2.44 bits per heavy atom. The highest BCUT2D eigenvalue weighted by atomic mass is 16.1. The van der Waals surface area contributed by atoms with Crippen LogP contribution in [0, 0.1) is 0 Å². The van der Waals surface area contributed by atoms with Crippen LogP contribution in [-0.4, -0.2) is 29.2 Å². The first-order valence-corrected chi connectivity index (χ1v) is 6.59. The minimum Gasteiger partial charge on any atom is -0.356 e. The van der Waals surface area contributed by atoms with Gasteiger partial charge in [-0.25, -0.2) is 0 Å². The van der Waals surface area contributed by atoms with Crippen molar-refractivity contribution >= 4 is 17.5 Å². The molecule has 0 unspecified atom stereocenters. The van der Waals surface area contributed by atoms with Crippen LogP contribution in [0.2, 0.25) is 0 Å². The Balaban J connectivity index is 2.57. The van der Waals surface area contributed by atoms with E-state index in [9.17, 15) is 4.79 Å². The van der Waals surface area contributed by atoms with Crippen molar-refractivity contribution in [1.29, 1.82) is 0 Å². The molecule has 0 aliphatic heterocycles. The number of carbonyl (C=O) groups excluding carboxylic acids is 1. The van der Waals surface area contributed by atoms with Gasteiger partial charge in [0.05, 0.1) is 0 Å².